The molecule has 1 unspecified atom stereocenters. The van der Waals surface area contributed by atoms with Gasteiger partial charge in [-0.3, -0.25) is 9.19 Å². The summed E-state index contributed by atoms with van der Waals surface area (Å²) < 4.78 is 12.5. The van der Waals surface area contributed by atoms with Gasteiger partial charge in [-0.1, -0.05) is 6.07 Å². The molecule has 1 aliphatic carbocycles. The van der Waals surface area contributed by atoms with Crippen LogP contribution in [0, 0.1) is 0 Å². The number of nitrogens with two attached hydrogens (primary N) is 1. The number of rotatable bonds is 4. The third kappa shape index (κ3) is 2.81. The minimum Gasteiger partial charge on any atom is -0.325 e. The number of benzene rings is 1. The largest absolute Gasteiger partial charge is 0.325 e. The van der Waals surface area contributed by atoms with Crippen LogP contribution in [0.5, 0.6) is 0 Å². The molecule has 20 heavy (non-hydrogen) atoms. The lowest BCUT2D eigenvalue weighted by Gasteiger charge is -2.06. The van der Waals surface area contributed by atoms with Gasteiger partial charge in [0.05, 0.1) is 22.2 Å². The third-order valence-corrected chi connectivity index (χ3v) is 5.10. The highest BCUT2D eigenvalue weighted by atomic mass is 32.2. The van der Waals surface area contributed by atoms with Crippen LogP contribution >= 0.6 is 0 Å². The van der Waals surface area contributed by atoms with Gasteiger partial charge in [-0.05, 0) is 60.2 Å². The van der Waals surface area contributed by atoms with Crippen molar-refractivity contribution in [2.24, 2.45) is 5.73 Å². The quantitative estimate of drug-likeness (QED) is 0.938. The van der Waals surface area contributed by atoms with E-state index in [0.29, 0.717) is 12.3 Å². The monoisotopic (exact) mass is 286 g/mol. The molecule has 0 saturated carbocycles. The molecule has 0 fully saturated rings. The molecular weight excluding hydrogens is 268 g/mol. The molecular formula is C16H18N2OS. The van der Waals surface area contributed by atoms with Gasteiger partial charge in [-0.15, -0.1) is 0 Å². The average Bonchev–Trinajstić information content (AvgIpc) is 2.94. The first-order valence-electron chi connectivity index (χ1n) is 6.90. The van der Waals surface area contributed by atoms with Crippen LogP contribution in [0.1, 0.15) is 28.8 Å². The van der Waals surface area contributed by atoms with Gasteiger partial charge in [0.1, 0.15) is 0 Å². The van der Waals surface area contributed by atoms with Gasteiger partial charge in [0, 0.05) is 17.6 Å². The van der Waals surface area contributed by atoms with Crippen LogP contribution in [0.4, 0.5) is 0 Å². The lowest BCUT2D eigenvalue weighted by molar-refractivity contribution is 0.682. The first-order valence-corrected chi connectivity index (χ1v) is 8.22. The van der Waals surface area contributed by atoms with Gasteiger partial charge in [-0.25, -0.2) is 0 Å². The van der Waals surface area contributed by atoms with Crippen molar-refractivity contribution in [2.45, 2.75) is 36.5 Å². The Labute approximate surface area is 121 Å². The minimum atomic E-state index is -1.01. The fourth-order valence-corrected chi connectivity index (χ4v) is 3.80. The van der Waals surface area contributed by atoms with Crippen LogP contribution < -0.4 is 5.73 Å². The molecule has 2 aromatic rings. The van der Waals surface area contributed by atoms with E-state index in [1.54, 1.807) is 6.20 Å². The van der Waals surface area contributed by atoms with Gasteiger partial charge >= 0.3 is 0 Å². The van der Waals surface area contributed by atoms with E-state index in [4.69, 9.17) is 5.73 Å². The number of hydrogen-bond acceptors (Lipinski definition) is 3. The fourth-order valence-electron chi connectivity index (χ4n) is 2.65. The summed E-state index contributed by atoms with van der Waals surface area (Å²) in [7, 11) is -1.01. The molecule has 0 aliphatic heterocycles. The Morgan fingerprint density at radius 2 is 2.00 bits per heavy atom. The van der Waals surface area contributed by atoms with E-state index in [2.05, 4.69) is 17.1 Å². The number of nitrogens with zero attached hydrogens (tertiary/aromatic N) is 1. The lowest BCUT2D eigenvalue weighted by atomic mass is 10.1. The molecule has 0 spiro atoms. The highest BCUT2D eigenvalue weighted by Gasteiger charge is 2.13. The number of aromatic nitrogens is 1. The molecule has 3 rings (SSSR count). The summed E-state index contributed by atoms with van der Waals surface area (Å²) in [4.78, 5) is 5.09. The molecule has 3 nitrogen and oxygen atoms in total. The summed E-state index contributed by atoms with van der Waals surface area (Å²) in [5, 5.41) is 0. The van der Waals surface area contributed by atoms with E-state index >= 15 is 0 Å². The molecule has 0 radical (unpaired) electrons. The first-order chi connectivity index (χ1) is 9.76. The van der Waals surface area contributed by atoms with Crippen molar-refractivity contribution in [3.05, 3.63) is 58.9 Å². The summed E-state index contributed by atoms with van der Waals surface area (Å²) in [5.41, 5.74) is 10.2. The Balaban J connectivity index is 1.79. The van der Waals surface area contributed by atoms with E-state index in [-0.39, 0.29) is 0 Å². The lowest BCUT2D eigenvalue weighted by Crippen LogP contribution is -2.02. The Morgan fingerprint density at radius 1 is 1.15 bits per heavy atom. The maximum absolute atomic E-state index is 12.5. The summed E-state index contributed by atoms with van der Waals surface area (Å²) in [6, 6.07) is 10.1. The summed E-state index contributed by atoms with van der Waals surface area (Å²) in [5.74, 6) is 0.522. The van der Waals surface area contributed by atoms with Crippen molar-refractivity contribution < 1.29 is 4.21 Å². The van der Waals surface area contributed by atoms with Crippen molar-refractivity contribution in [3.63, 3.8) is 0 Å². The maximum Gasteiger partial charge on any atom is 0.0574 e. The average molecular weight is 286 g/mol. The Morgan fingerprint density at radius 3 is 2.85 bits per heavy atom. The summed E-state index contributed by atoms with van der Waals surface area (Å²) >= 11 is 0. The summed E-state index contributed by atoms with van der Waals surface area (Å²) in [6.45, 7) is 0.416. The maximum atomic E-state index is 12.5. The van der Waals surface area contributed by atoms with Crippen LogP contribution in [0.25, 0.3) is 0 Å². The van der Waals surface area contributed by atoms with Crippen molar-refractivity contribution in [1.29, 1.82) is 0 Å². The Kier molecular flexibility index (Phi) is 3.94. The predicted octanol–water partition coefficient (Wildman–Crippen LogP) is 2.34. The van der Waals surface area contributed by atoms with Gasteiger partial charge in [-0.2, -0.15) is 0 Å². The zero-order chi connectivity index (χ0) is 13.9. The van der Waals surface area contributed by atoms with E-state index in [0.717, 1.165) is 29.0 Å². The van der Waals surface area contributed by atoms with E-state index in [9.17, 15) is 4.21 Å². The molecule has 4 heteroatoms. The summed E-state index contributed by atoms with van der Waals surface area (Å²) in [6.07, 6.45) is 5.23. The Hall–Kier alpha value is -1.52. The van der Waals surface area contributed by atoms with Gasteiger partial charge in [0.2, 0.25) is 0 Å². The molecule has 104 valence electrons. The Bertz CT molecular complexity index is 655. The molecule has 1 heterocycles. The molecule has 2 N–H and O–H groups in total. The molecule has 1 aromatic heterocycles. The first kappa shape index (κ1) is 13.5. The van der Waals surface area contributed by atoms with E-state index < -0.39 is 10.8 Å². The second-order valence-corrected chi connectivity index (χ2v) is 6.58. The van der Waals surface area contributed by atoms with Crippen LogP contribution in [-0.2, 0) is 35.9 Å². The van der Waals surface area contributed by atoms with Crippen LogP contribution in [0.2, 0.25) is 0 Å². The predicted molar refractivity (Wildman–Crippen MR) is 80.7 cm³/mol. The van der Waals surface area contributed by atoms with E-state index in [1.807, 2.05) is 18.2 Å². The highest BCUT2D eigenvalue weighted by Crippen LogP contribution is 2.25. The van der Waals surface area contributed by atoms with Crippen molar-refractivity contribution in [3.8, 4) is 0 Å². The minimum absolute atomic E-state index is 0.416. The standard InChI is InChI=1S/C16H18N2OS/c17-10-15-8-12(6-7-18-15)11-20(19)16-5-4-13-2-1-3-14(13)9-16/h4-9H,1-3,10-11,17H2. The second kappa shape index (κ2) is 5.85. The van der Waals surface area contributed by atoms with Crippen molar-refractivity contribution in [2.75, 3.05) is 0 Å². The molecule has 1 aromatic carbocycles. The zero-order valence-electron chi connectivity index (χ0n) is 11.3. The van der Waals surface area contributed by atoms with E-state index in [1.165, 1.54) is 17.5 Å². The second-order valence-electron chi connectivity index (χ2n) is 5.13. The number of fused-ring (bicyclic) bond motifs is 1. The SMILES string of the molecule is NCc1cc(CS(=O)c2ccc3c(c2)CCC3)ccn1. The third-order valence-electron chi connectivity index (χ3n) is 3.72. The molecule has 0 bridgehead atoms. The molecule has 1 atom stereocenters. The molecule has 0 amide bonds. The van der Waals surface area contributed by atoms with Gasteiger partial charge in [0.15, 0.2) is 0 Å². The van der Waals surface area contributed by atoms with Crippen molar-refractivity contribution >= 4 is 10.8 Å². The molecule has 0 saturated heterocycles. The molecule has 1 aliphatic rings. The van der Waals surface area contributed by atoms with Crippen LogP contribution in [-0.4, -0.2) is 9.19 Å². The number of hydrogen-bond donors (Lipinski definition) is 1. The fraction of sp³-hybridized carbons (Fsp3) is 0.312. The van der Waals surface area contributed by atoms with Crippen LogP contribution in [0.15, 0.2) is 41.4 Å². The van der Waals surface area contributed by atoms with Crippen LogP contribution in [0.3, 0.4) is 0 Å². The number of pyridine rings is 1. The topological polar surface area (TPSA) is 56.0 Å². The number of aryl methyl sites for hydroxylation is 2. The zero-order valence-corrected chi connectivity index (χ0v) is 12.2. The van der Waals surface area contributed by atoms with Gasteiger partial charge in [0.25, 0.3) is 0 Å². The highest BCUT2D eigenvalue weighted by molar-refractivity contribution is 7.84. The van der Waals surface area contributed by atoms with Crippen molar-refractivity contribution in [1.82, 2.24) is 4.98 Å². The smallest absolute Gasteiger partial charge is 0.0574 e. The van der Waals surface area contributed by atoms with Gasteiger partial charge < -0.3 is 5.73 Å². The normalized spacial score (nSPS) is 15.1.